The van der Waals surface area contributed by atoms with Crippen LogP contribution in [0.1, 0.15) is 30.7 Å². The highest BCUT2D eigenvalue weighted by Crippen LogP contribution is 2.04. The fourth-order valence-corrected chi connectivity index (χ4v) is 1.48. The lowest BCUT2D eigenvalue weighted by Crippen LogP contribution is -2.09. The smallest absolute Gasteiger partial charge is 0.0905 e. The molecule has 78 valence electrons. The van der Waals surface area contributed by atoms with E-state index in [0.29, 0.717) is 6.42 Å². The monoisotopic (exact) mass is 194 g/mol. The van der Waals surface area contributed by atoms with Crippen molar-refractivity contribution in [1.29, 1.82) is 5.41 Å². The van der Waals surface area contributed by atoms with Crippen molar-refractivity contribution in [3.05, 3.63) is 17.5 Å². The maximum absolute atomic E-state index is 7.08. The van der Waals surface area contributed by atoms with Crippen molar-refractivity contribution in [3.8, 4) is 0 Å². The Kier molecular flexibility index (Phi) is 3.68. The Morgan fingerprint density at radius 3 is 2.71 bits per heavy atom. The SMILES string of the molecule is Cc1cc(C)n(CCCCC(=N)N)n1. The van der Waals surface area contributed by atoms with Crippen LogP contribution in [0.3, 0.4) is 0 Å². The van der Waals surface area contributed by atoms with Gasteiger partial charge in [-0.2, -0.15) is 5.10 Å². The van der Waals surface area contributed by atoms with Gasteiger partial charge in [-0.1, -0.05) is 0 Å². The van der Waals surface area contributed by atoms with E-state index in [4.69, 9.17) is 11.1 Å². The number of rotatable bonds is 5. The lowest BCUT2D eigenvalue weighted by molar-refractivity contribution is 0.548. The molecule has 1 aromatic rings. The quantitative estimate of drug-likeness (QED) is 0.425. The van der Waals surface area contributed by atoms with E-state index >= 15 is 0 Å². The van der Waals surface area contributed by atoms with Crippen LogP contribution in [0.4, 0.5) is 0 Å². The summed E-state index contributed by atoms with van der Waals surface area (Å²) in [6.07, 6.45) is 2.69. The molecule has 0 amide bonds. The van der Waals surface area contributed by atoms with Crippen molar-refractivity contribution in [2.45, 2.75) is 39.7 Å². The molecular formula is C10H18N4. The van der Waals surface area contributed by atoms with Crippen LogP contribution < -0.4 is 5.73 Å². The van der Waals surface area contributed by atoms with Crippen LogP contribution >= 0.6 is 0 Å². The third-order valence-electron chi connectivity index (χ3n) is 2.17. The number of aromatic nitrogens is 2. The number of nitrogens with one attached hydrogen (secondary N) is 1. The van der Waals surface area contributed by atoms with Crippen molar-refractivity contribution in [2.75, 3.05) is 0 Å². The van der Waals surface area contributed by atoms with Crippen LogP contribution in [-0.4, -0.2) is 15.6 Å². The predicted octanol–water partition coefficient (Wildman–Crippen LogP) is 1.61. The molecule has 0 atom stereocenters. The second-order valence-corrected chi connectivity index (χ2v) is 3.63. The Bertz CT molecular complexity index is 314. The van der Waals surface area contributed by atoms with Gasteiger partial charge in [-0.05, 0) is 32.8 Å². The van der Waals surface area contributed by atoms with E-state index in [1.165, 1.54) is 5.69 Å². The lowest BCUT2D eigenvalue weighted by Gasteiger charge is -2.03. The number of unbranched alkanes of at least 4 members (excludes halogenated alkanes) is 1. The van der Waals surface area contributed by atoms with Crippen LogP contribution in [-0.2, 0) is 6.54 Å². The minimum atomic E-state index is 0.276. The molecule has 0 aliphatic carbocycles. The summed E-state index contributed by atoms with van der Waals surface area (Å²) < 4.78 is 2.01. The molecule has 14 heavy (non-hydrogen) atoms. The molecule has 0 spiro atoms. The van der Waals surface area contributed by atoms with Crippen LogP contribution in [0.5, 0.6) is 0 Å². The average molecular weight is 194 g/mol. The second kappa shape index (κ2) is 4.79. The van der Waals surface area contributed by atoms with E-state index in [0.717, 1.165) is 25.1 Å². The number of nitrogens with zero attached hydrogens (tertiary/aromatic N) is 2. The molecule has 0 saturated carbocycles. The summed E-state index contributed by atoms with van der Waals surface area (Å²) in [6.45, 7) is 4.98. The molecule has 0 bridgehead atoms. The third-order valence-corrected chi connectivity index (χ3v) is 2.17. The molecule has 4 nitrogen and oxygen atoms in total. The highest BCUT2D eigenvalue weighted by molar-refractivity contribution is 5.76. The van der Waals surface area contributed by atoms with E-state index in [9.17, 15) is 0 Å². The molecule has 1 rings (SSSR count). The largest absolute Gasteiger partial charge is 0.388 e. The van der Waals surface area contributed by atoms with Gasteiger partial charge in [-0.25, -0.2) is 0 Å². The fraction of sp³-hybridized carbons (Fsp3) is 0.600. The van der Waals surface area contributed by atoms with E-state index in [2.05, 4.69) is 18.1 Å². The molecule has 1 heterocycles. The molecule has 0 fully saturated rings. The van der Waals surface area contributed by atoms with Gasteiger partial charge in [0.15, 0.2) is 0 Å². The van der Waals surface area contributed by atoms with Gasteiger partial charge in [-0.15, -0.1) is 0 Å². The number of amidine groups is 1. The van der Waals surface area contributed by atoms with E-state index in [1.54, 1.807) is 0 Å². The summed E-state index contributed by atoms with van der Waals surface area (Å²) in [5.41, 5.74) is 7.53. The fourth-order valence-electron chi connectivity index (χ4n) is 1.48. The summed E-state index contributed by atoms with van der Waals surface area (Å²) in [5.74, 6) is 0.276. The number of nitrogens with two attached hydrogens (primary N) is 1. The molecule has 1 aromatic heterocycles. The third kappa shape index (κ3) is 3.20. The zero-order chi connectivity index (χ0) is 10.6. The van der Waals surface area contributed by atoms with E-state index in [1.807, 2.05) is 11.6 Å². The van der Waals surface area contributed by atoms with Gasteiger partial charge in [0.1, 0.15) is 0 Å². The molecule has 0 radical (unpaired) electrons. The van der Waals surface area contributed by atoms with Crippen molar-refractivity contribution < 1.29 is 0 Å². The number of hydrogen-bond donors (Lipinski definition) is 2. The van der Waals surface area contributed by atoms with Gasteiger partial charge < -0.3 is 5.73 Å². The number of aryl methyl sites for hydroxylation is 3. The second-order valence-electron chi connectivity index (χ2n) is 3.63. The Balaban J connectivity index is 2.31. The van der Waals surface area contributed by atoms with Crippen molar-refractivity contribution in [1.82, 2.24) is 9.78 Å². The van der Waals surface area contributed by atoms with Gasteiger partial charge in [0.05, 0.1) is 11.5 Å². The summed E-state index contributed by atoms with van der Waals surface area (Å²) in [6, 6.07) is 2.07. The molecule has 0 aromatic carbocycles. The predicted molar refractivity (Wildman–Crippen MR) is 57.5 cm³/mol. The first-order valence-corrected chi connectivity index (χ1v) is 4.93. The number of hydrogen-bond acceptors (Lipinski definition) is 2. The lowest BCUT2D eigenvalue weighted by atomic mass is 10.2. The Labute approximate surface area is 84.6 Å². The van der Waals surface area contributed by atoms with E-state index in [-0.39, 0.29) is 5.84 Å². The van der Waals surface area contributed by atoms with Crippen molar-refractivity contribution in [3.63, 3.8) is 0 Å². The molecule has 0 aliphatic heterocycles. The Hall–Kier alpha value is -1.32. The van der Waals surface area contributed by atoms with Crippen LogP contribution in [0.15, 0.2) is 6.07 Å². The van der Waals surface area contributed by atoms with Gasteiger partial charge >= 0.3 is 0 Å². The summed E-state index contributed by atoms with van der Waals surface area (Å²) >= 11 is 0. The highest BCUT2D eigenvalue weighted by atomic mass is 15.3. The first-order valence-electron chi connectivity index (χ1n) is 4.93. The normalized spacial score (nSPS) is 10.4. The first-order chi connectivity index (χ1) is 6.59. The van der Waals surface area contributed by atoms with Crippen molar-refractivity contribution >= 4 is 5.84 Å². The highest BCUT2D eigenvalue weighted by Gasteiger charge is 1.99. The molecule has 0 aliphatic rings. The molecule has 3 N–H and O–H groups in total. The minimum Gasteiger partial charge on any atom is -0.388 e. The first kappa shape index (κ1) is 10.8. The minimum absolute atomic E-state index is 0.276. The van der Waals surface area contributed by atoms with Gasteiger partial charge in [0.25, 0.3) is 0 Å². The van der Waals surface area contributed by atoms with Gasteiger partial charge in [0.2, 0.25) is 0 Å². The van der Waals surface area contributed by atoms with Gasteiger partial charge in [-0.3, -0.25) is 10.1 Å². The van der Waals surface area contributed by atoms with Crippen LogP contribution in [0.25, 0.3) is 0 Å². The molecular weight excluding hydrogens is 176 g/mol. The summed E-state index contributed by atoms with van der Waals surface area (Å²) in [4.78, 5) is 0. The average Bonchev–Trinajstić information content (AvgIpc) is 2.39. The van der Waals surface area contributed by atoms with Gasteiger partial charge in [0, 0.05) is 18.7 Å². The maximum atomic E-state index is 7.08. The molecule has 4 heteroatoms. The summed E-state index contributed by atoms with van der Waals surface area (Å²) in [5, 5.41) is 11.4. The zero-order valence-corrected chi connectivity index (χ0v) is 8.88. The standard InChI is InChI=1S/C10H18N4/c1-8-7-9(2)14(13-8)6-4-3-5-10(11)12/h7H,3-6H2,1-2H3,(H3,11,12). The Morgan fingerprint density at radius 2 is 2.21 bits per heavy atom. The summed E-state index contributed by atoms with van der Waals surface area (Å²) in [7, 11) is 0. The topological polar surface area (TPSA) is 67.7 Å². The molecule has 0 unspecified atom stereocenters. The zero-order valence-electron chi connectivity index (χ0n) is 8.88. The van der Waals surface area contributed by atoms with E-state index < -0.39 is 0 Å². The maximum Gasteiger partial charge on any atom is 0.0905 e. The Morgan fingerprint density at radius 1 is 1.50 bits per heavy atom. The van der Waals surface area contributed by atoms with Crippen molar-refractivity contribution in [2.24, 2.45) is 5.73 Å². The van der Waals surface area contributed by atoms with Crippen LogP contribution in [0, 0.1) is 19.3 Å². The molecule has 0 saturated heterocycles. The van der Waals surface area contributed by atoms with Crippen LogP contribution in [0.2, 0.25) is 0 Å².